The first kappa shape index (κ1) is 18.2. The van der Waals surface area contributed by atoms with Crippen molar-refractivity contribution >= 4 is 34.2 Å². The Kier molecular flexibility index (Phi) is 6.14. The zero-order valence-corrected chi connectivity index (χ0v) is 14.6. The van der Waals surface area contributed by atoms with Gasteiger partial charge in [0, 0.05) is 17.0 Å². The third kappa shape index (κ3) is 4.67. The van der Waals surface area contributed by atoms with Gasteiger partial charge in [-0.3, -0.25) is 4.79 Å². The highest BCUT2D eigenvalue weighted by Crippen LogP contribution is 2.38. The van der Waals surface area contributed by atoms with Gasteiger partial charge in [0.05, 0.1) is 11.7 Å². The topological polar surface area (TPSA) is 92.7 Å². The average Bonchev–Trinajstić information content (AvgIpc) is 2.65. The number of esters is 1. The number of aliphatic carboxylic acids is 1. The summed E-state index contributed by atoms with van der Waals surface area (Å²) in [5.41, 5.74) is 1.38. The Morgan fingerprint density at radius 3 is 2.54 bits per heavy atom. The van der Waals surface area contributed by atoms with Crippen LogP contribution in [0.5, 0.6) is 0 Å². The maximum atomic E-state index is 12.5. The van der Waals surface area contributed by atoms with Crippen molar-refractivity contribution in [3.63, 3.8) is 0 Å². The number of carbonyl (C=O) groups excluding carboxylic acids is 2. The number of thiophene rings is 1. The van der Waals surface area contributed by atoms with Crippen LogP contribution in [0.4, 0.5) is 5.00 Å². The van der Waals surface area contributed by atoms with E-state index in [-0.39, 0.29) is 6.10 Å². The van der Waals surface area contributed by atoms with Crippen molar-refractivity contribution in [3.05, 3.63) is 28.2 Å². The van der Waals surface area contributed by atoms with Crippen LogP contribution in [0, 0.1) is 0 Å². The van der Waals surface area contributed by atoms with E-state index in [0.29, 0.717) is 10.6 Å². The maximum absolute atomic E-state index is 12.5. The predicted molar refractivity (Wildman–Crippen MR) is 91.5 cm³/mol. The van der Waals surface area contributed by atoms with Crippen LogP contribution in [0.3, 0.4) is 0 Å². The Morgan fingerprint density at radius 1 is 1.17 bits per heavy atom. The van der Waals surface area contributed by atoms with Crippen LogP contribution in [0.1, 0.15) is 53.9 Å². The molecule has 0 saturated heterocycles. The number of hydrogen-bond acceptors (Lipinski definition) is 5. The molecule has 0 aliphatic heterocycles. The van der Waals surface area contributed by atoms with Gasteiger partial charge in [-0.2, -0.15) is 0 Å². The van der Waals surface area contributed by atoms with E-state index in [4.69, 9.17) is 9.84 Å². The van der Waals surface area contributed by atoms with E-state index in [1.54, 1.807) is 13.8 Å². The summed E-state index contributed by atoms with van der Waals surface area (Å²) in [5, 5.41) is 11.7. The lowest BCUT2D eigenvalue weighted by molar-refractivity contribution is -0.131. The molecule has 0 aromatic carbocycles. The highest BCUT2D eigenvalue weighted by Gasteiger charge is 2.26. The molecule has 1 aliphatic carbocycles. The molecule has 1 heterocycles. The Bertz CT molecular complexity index is 675. The van der Waals surface area contributed by atoms with E-state index in [1.165, 1.54) is 11.3 Å². The molecule has 0 bridgehead atoms. The van der Waals surface area contributed by atoms with Crippen molar-refractivity contribution in [1.82, 2.24) is 0 Å². The van der Waals surface area contributed by atoms with E-state index in [0.717, 1.165) is 54.7 Å². The van der Waals surface area contributed by atoms with Crippen LogP contribution in [-0.4, -0.2) is 29.1 Å². The molecule has 0 saturated carbocycles. The fourth-order valence-electron chi connectivity index (χ4n) is 2.62. The summed E-state index contributed by atoms with van der Waals surface area (Å²) < 4.78 is 5.33. The lowest BCUT2D eigenvalue weighted by Gasteiger charge is -2.11. The molecule has 24 heavy (non-hydrogen) atoms. The minimum absolute atomic E-state index is 0.255. The van der Waals surface area contributed by atoms with Crippen molar-refractivity contribution < 1.29 is 24.2 Å². The zero-order chi connectivity index (χ0) is 17.7. The summed E-state index contributed by atoms with van der Waals surface area (Å²) in [6.07, 6.45) is 6.27. The second-order valence-corrected chi connectivity index (χ2v) is 6.99. The van der Waals surface area contributed by atoms with E-state index in [1.807, 2.05) is 0 Å². The SMILES string of the molecule is CC(C)OC(=O)c1c(NC(=O)/C=C/C(=O)O)sc2c1CCCCC2. The molecule has 1 aromatic heterocycles. The van der Waals surface area contributed by atoms with Gasteiger partial charge in [-0.05, 0) is 45.1 Å². The van der Waals surface area contributed by atoms with Crippen LogP contribution < -0.4 is 5.32 Å². The van der Waals surface area contributed by atoms with Gasteiger partial charge in [0.2, 0.25) is 5.91 Å². The number of amides is 1. The lowest BCUT2D eigenvalue weighted by Crippen LogP contribution is -2.16. The van der Waals surface area contributed by atoms with Crippen molar-refractivity contribution in [2.45, 2.75) is 52.1 Å². The number of carboxylic acids is 1. The fourth-order valence-corrected chi connectivity index (χ4v) is 3.90. The van der Waals surface area contributed by atoms with Gasteiger partial charge >= 0.3 is 11.9 Å². The molecule has 2 N–H and O–H groups in total. The number of carboxylic acid groups (broad SMARTS) is 1. The molecular formula is C17H21NO5S. The smallest absolute Gasteiger partial charge is 0.341 e. The first-order chi connectivity index (χ1) is 11.4. The van der Waals surface area contributed by atoms with Gasteiger partial charge in [0.1, 0.15) is 5.00 Å². The minimum Gasteiger partial charge on any atom is -0.478 e. The quantitative estimate of drug-likeness (QED) is 0.483. The molecule has 1 aliphatic rings. The molecule has 0 atom stereocenters. The van der Waals surface area contributed by atoms with Crippen molar-refractivity contribution in [3.8, 4) is 0 Å². The summed E-state index contributed by atoms with van der Waals surface area (Å²) in [6.45, 7) is 3.55. The van der Waals surface area contributed by atoms with Crippen LogP contribution in [0.25, 0.3) is 0 Å². The molecule has 1 amide bonds. The number of hydrogen-bond donors (Lipinski definition) is 2. The standard InChI is InChI=1S/C17H21NO5S/c1-10(2)23-17(22)15-11-6-4-3-5-7-12(11)24-16(15)18-13(19)8-9-14(20)21/h8-10H,3-7H2,1-2H3,(H,18,19)(H,20,21)/b9-8+. The monoisotopic (exact) mass is 351 g/mol. The summed E-state index contributed by atoms with van der Waals surface area (Å²) >= 11 is 1.38. The maximum Gasteiger partial charge on any atom is 0.341 e. The van der Waals surface area contributed by atoms with Gasteiger partial charge in [-0.1, -0.05) is 6.42 Å². The van der Waals surface area contributed by atoms with Gasteiger partial charge in [-0.25, -0.2) is 9.59 Å². The van der Waals surface area contributed by atoms with Gasteiger partial charge in [0.15, 0.2) is 0 Å². The Balaban J connectivity index is 2.33. The molecular weight excluding hydrogens is 330 g/mol. The zero-order valence-electron chi connectivity index (χ0n) is 13.8. The van der Waals surface area contributed by atoms with Gasteiger partial charge < -0.3 is 15.2 Å². The summed E-state index contributed by atoms with van der Waals surface area (Å²) in [6, 6.07) is 0. The number of ether oxygens (including phenoxy) is 1. The van der Waals surface area contributed by atoms with Crippen LogP contribution in [0.2, 0.25) is 0 Å². The molecule has 0 radical (unpaired) electrons. The fraction of sp³-hybridized carbons (Fsp3) is 0.471. The Labute approximate surface area is 144 Å². The summed E-state index contributed by atoms with van der Waals surface area (Å²) in [5.74, 6) is -2.22. The summed E-state index contributed by atoms with van der Waals surface area (Å²) in [7, 11) is 0. The molecule has 0 fully saturated rings. The lowest BCUT2D eigenvalue weighted by atomic mass is 10.1. The number of rotatable bonds is 5. The molecule has 0 spiro atoms. The largest absolute Gasteiger partial charge is 0.478 e. The normalized spacial score (nSPS) is 14.3. The minimum atomic E-state index is -1.20. The number of anilines is 1. The van der Waals surface area contributed by atoms with Crippen molar-refractivity contribution in [2.24, 2.45) is 0 Å². The van der Waals surface area contributed by atoms with Crippen LogP contribution in [-0.2, 0) is 27.2 Å². The van der Waals surface area contributed by atoms with E-state index in [2.05, 4.69) is 5.32 Å². The number of aryl methyl sites for hydroxylation is 1. The number of nitrogens with one attached hydrogen (secondary N) is 1. The van der Waals surface area contributed by atoms with Crippen molar-refractivity contribution in [2.75, 3.05) is 5.32 Å². The Morgan fingerprint density at radius 2 is 1.88 bits per heavy atom. The first-order valence-electron chi connectivity index (χ1n) is 7.96. The molecule has 2 rings (SSSR count). The summed E-state index contributed by atoms with van der Waals surface area (Å²) in [4.78, 5) is 36.0. The number of carbonyl (C=O) groups is 3. The van der Waals surface area contributed by atoms with Gasteiger partial charge in [0.25, 0.3) is 0 Å². The van der Waals surface area contributed by atoms with E-state index < -0.39 is 17.8 Å². The third-order valence-corrected chi connectivity index (χ3v) is 4.79. The molecule has 6 nitrogen and oxygen atoms in total. The van der Waals surface area contributed by atoms with E-state index in [9.17, 15) is 14.4 Å². The predicted octanol–water partition coefficient (Wildman–Crippen LogP) is 3.16. The Hall–Kier alpha value is -2.15. The highest BCUT2D eigenvalue weighted by molar-refractivity contribution is 7.17. The van der Waals surface area contributed by atoms with Gasteiger partial charge in [-0.15, -0.1) is 11.3 Å². The average molecular weight is 351 g/mol. The second kappa shape index (κ2) is 8.10. The molecule has 1 aromatic rings. The highest BCUT2D eigenvalue weighted by atomic mass is 32.1. The molecule has 7 heteroatoms. The first-order valence-corrected chi connectivity index (χ1v) is 8.77. The molecule has 130 valence electrons. The van der Waals surface area contributed by atoms with Crippen molar-refractivity contribution in [1.29, 1.82) is 0 Å². The van der Waals surface area contributed by atoms with Crippen LogP contribution >= 0.6 is 11.3 Å². The third-order valence-electron chi connectivity index (χ3n) is 3.58. The molecule has 0 unspecified atom stereocenters. The van der Waals surface area contributed by atoms with E-state index >= 15 is 0 Å². The second-order valence-electron chi connectivity index (χ2n) is 5.88. The number of fused-ring (bicyclic) bond motifs is 1. The van der Waals surface area contributed by atoms with Crippen LogP contribution in [0.15, 0.2) is 12.2 Å².